The highest BCUT2D eigenvalue weighted by atomic mass is 127. The van der Waals surface area contributed by atoms with Crippen LogP contribution in [0.5, 0.6) is 0 Å². The van der Waals surface area contributed by atoms with E-state index in [0.29, 0.717) is 47.1 Å². The second-order valence-electron chi connectivity index (χ2n) is 6.25. The Morgan fingerprint density at radius 3 is 2.48 bits per heavy atom. The zero-order valence-corrected chi connectivity index (χ0v) is 20.5. The van der Waals surface area contributed by atoms with Crippen LogP contribution >= 0.6 is 47.2 Å². The molecule has 3 N–H and O–H groups in total. The van der Waals surface area contributed by atoms with Crippen molar-refractivity contribution >= 4 is 59.0 Å². The van der Waals surface area contributed by atoms with Crippen LogP contribution in [-0.4, -0.2) is 37.0 Å². The summed E-state index contributed by atoms with van der Waals surface area (Å²) in [5.74, 6) is 0.928. The lowest BCUT2D eigenvalue weighted by Crippen LogP contribution is -2.41. The van der Waals surface area contributed by atoms with Gasteiger partial charge in [-0.1, -0.05) is 41.4 Å². The highest BCUT2D eigenvalue weighted by Gasteiger charge is 2.09. The van der Waals surface area contributed by atoms with Gasteiger partial charge in [-0.3, -0.25) is 9.79 Å². The SMILES string of the molecule is CN=C(NCCNC(=O)c1ccc(Cl)c(Cl)c1)NCc1coc(-c2ccccc2)n1.I. The topological polar surface area (TPSA) is 91.5 Å². The summed E-state index contributed by atoms with van der Waals surface area (Å²) in [6.45, 7) is 1.34. The molecule has 0 aliphatic heterocycles. The highest BCUT2D eigenvalue weighted by Crippen LogP contribution is 2.22. The minimum absolute atomic E-state index is 0. The molecule has 0 spiro atoms. The molecule has 3 aromatic rings. The third kappa shape index (κ3) is 7.41. The molecule has 0 radical (unpaired) electrons. The molecule has 0 saturated heterocycles. The molecule has 0 unspecified atom stereocenters. The summed E-state index contributed by atoms with van der Waals surface area (Å²) in [7, 11) is 1.67. The lowest BCUT2D eigenvalue weighted by Gasteiger charge is -2.11. The number of aromatic nitrogens is 1. The fourth-order valence-electron chi connectivity index (χ4n) is 2.59. The first-order valence-electron chi connectivity index (χ1n) is 9.24. The molecule has 164 valence electrons. The number of guanidine groups is 1. The molecule has 7 nitrogen and oxygen atoms in total. The molecule has 1 amide bonds. The minimum Gasteiger partial charge on any atom is -0.444 e. The Bertz CT molecular complexity index is 1030. The van der Waals surface area contributed by atoms with Gasteiger partial charge >= 0.3 is 0 Å². The van der Waals surface area contributed by atoms with Crippen molar-refractivity contribution in [3.05, 3.63) is 76.1 Å². The van der Waals surface area contributed by atoms with Crippen LogP contribution in [0, 0.1) is 0 Å². The number of carbonyl (C=O) groups is 1. The first-order valence-corrected chi connectivity index (χ1v) is 10.00. The number of rotatable bonds is 7. The average molecular weight is 574 g/mol. The third-order valence-corrected chi connectivity index (χ3v) is 4.86. The fraction of sp³-hybridized carbons (Fsp3) is 0.190. The average Bonchev–Trinajstić information content (AvgIpc) is 3.24. The van der Waals surface area contributed by atoms with E-state index in [1.165, 1.54) is 6.07 Å². The van der Waals surface area contributed by atoms with E-state index in [2.05, 4.69) is 25.9 Å². The van der Waals surface area contributed by atoms with Crippen molar-refractivity contribution in [3.63, 3.8) is 0 Å². The van der Waals surface area contributed by atoms with Crippen molar-refractivity contribution < 1.29 is 9.21 Å². The van der Waals surface area contributed by atoms with E-state index in [1.54, 1.807) is 25.4 Å². The normalized spacial score (nSPS) is 10.9. The van der Waals surface area contributed by atoms with Gasteiger partial charge in [0.25, 0.3) is 5.91 Å². The maximum absolute atomic E-state index is 12.1. The summed E-state index contributed by atoms with van der Waals surface area (Å²) >= 11 is 11.8. The van der Waals surface area contributed by atoms with Crippen molar-refractivity contribution in [2.45, 2.75) is 6.54 Å². The molecule has 1 aromatic heterocycles. The fourth-order valence-corrected chi connectivity index (χ4v) is 2.89. The smallest absolute Gasteiger partial charge is 0.251 e. The Morgan fingerprint density at radius 2 is 1.77 bits per heavy atom. The first-order chi connectivity index (χ1) is 14.6. The van der Waals surface area contributed by atoms with Gasteiger partial charge in [0.2, 0.25) is 5.89 Å². The van der Waals surface area contributed by atoms with Crippen LogP contribution in [0.15, 0.2) is 64.2 Å². The number of nitrogens with one attached hydrogen (secondary N) is 3. The van der Waals surface area contributed by atoms with Gasteiger partial charge in [0.15, 0.2) is 5.96 Å². The Morgan fingerprint density at radius 1 is 1.03 bits per heavy atom. The van der Waals surface area contributed by atoms with Gasteiger partial charge in [-0.25, -0.2) is 4.98 Å². The first kappa shape index (κ1) is 25.0. The number of amides is 1. The summed E-state index contributed by atoms with van der Waals surface area (Å²) in [5, 5.41) is 9.84. The van der Waals surface area contributed by atoms with Crippen molar-refractivity contribution in [1.29, 1.82) is 0 Å². The maximum Gasteiger partial charge on any atom is 0.251 e. The third-order valence-electron chi connectivity index (χ3n) is 4.12. The molecule has 3 rings (SSSR count). The van der Waals surface area contributed by atoms with Gasteiger partial charge < -0.3 is 20.4 Å². The molecule has 1 heterocycles. The predicted molar refractivity (Wildman–Crippen MR) is 134 cm³/mol. The monoisotopic (exact) mass is 573 g/mol. The van der Waals surface area contributed by atoms with Crippen molar-refractivity contribution in [2.24, 2.45) is 4.99 Å². The molecule has 10 heteroatoms. The van der Waals surface area contributed by atoms with E-state index in [-0.39, 0.29) is 29.9 Å². The molecular formula is C21H22Cl2IN5O2. The molecule has 0 aliphatic rings. The van der Waals surface area contributed by atoms with Gasteiger partial charge in [-0.05, 0) is 30.3 Å². The summed E-state index contributed by atoms with van der Waals surface area (Å²) < 4.78 is 5.52. The van der Waals surface area contributed by atoms with Gasteiger partial charge in [-0.2, -0.15) is 0 Å². The van der Waals surface area contributed by atoms with Gasteiger partial charge in [0.1, 0.15) is 6.26 Å². The highest BCUT2D eigenvalue weighted by molar-refractivity contribution is 14.0. The second-order valence-corrected chi connectivity index (χ2v) is 7.06. The Kier molecular flexibility index (Phi) is 10.1. The van der Waals surface area contributed by atoms with Crippen molar-refractivity contribution in [2.75, 3.05) is 20.1 Å². The predicted octanol–water partition coefficient (Wildman–Crippen LogP) is 4.36. The largest absolute Gasteiger partial charge is 0.444 e. The van der Waals surface area contributed by atoms with Crippen LogP contribution in [0.4, 0.5) is 0 Å². The van der Waals surface area contributed by atoms with Crippen LogP contribution < -0.4 is 16.0 Å². The van der Waals surface area contributed by atoms with Crippen molar-refractivity contribution in [1.82, 2.24) is 20.9 Å². The lowest BCUT2D eigenvalue weighted by atomic mass is 10.2. The van der Waals surface area contributed by atoms with E-state index in [1.807, 2.05) is 30.3 Å². The Labute approximate surface area is 207 Å². The van der Waals surface area contributed by atoms with E-state index < -0.39 is 0 Å². The molecule has 2 aromatic carbocycles. The van der Waals surface area contributed by atoms with Crippen molar-refractivity contribution in [3.8, 4) is 11.5 Å². The van der Waals surface area contributed by atoms with E-state index in [9.17, 15) is 4.79 Å². The van der Waals surface area contributed by atoms with Crippen LogP contribution in [0.2, 0.25) is 10.0 Å². The molecule has 0 saturated carbocycles. The summed E-state index contributed by atoms with van der Waals surface area (Å²) in [4.78, 5) is 20.8. The number of benzene rings is 2. The Hall–Kier alpha value is -2.30. The van der Waals surface area contributed by atoms with Gasteiger partial charge in [0.05, 0.1) is 22.3 Å². The molecule has 0 fully saturated rings. The van der Waals surface area contributed by atoms with Crippen LogP contribution in [-0.2, 0) is 6.54 Å². The standard InChI is InChI=1S/C21H21Cl2N5O2.HI/c1-24-21(26-10-9-25-19(29)15-7-8-17(22)18(23)11-15)27-12-16-13-30-20(28-16)14-5-3-2-4-6-14;/h2-8,11,13H,9-10,12H2,1H3,(H,25,29)(H2,24,26,27);1H. The Balaban J connectivity index is 0.00000341. The molecule has 0 bridgehead atoms. The quantitative estimate of drug-likeness (QED) is 0.169. The number of nitrogens with zero attached hydrogens (tertiary/aromatic N) is 2. The zero-order chi connectivity index (χ0) is 21.3. The molecule has 0 atom stereocenters. The van der Waals surface area contributed by atoms with Gasteiger partial charge in [-0.15, -0.1) is 24.0 Å². The lowest BCUT2D eigenvalue weighted by molar-refractivity contribution is 0.0954. The van der Waals surface area contributed by atoms with E-state index in [0.717, 1.165) is 11.3 Å². The summed E-state index contributed by atoms with van der Waals surface area (Å²) in [6.07, 6.45) is 1.61. The zero-order valence-electron chi connectivity index (χ0n) is 16.7. The summed E-state index contributed by atoms with van der Waals surface area (Å²) in [5.41, 5.74) is 2.13. The van der Waals surface area contributed by atoms with E-state index in [4.69, 9.17) is 27.6 Å². The second kappa shape index (κ2) is 12.5. The van der Waals surface area contributed by atoms with Crippen LogP contribution in [0.25, 0.3) is 11.5 Å². The summed E-state index contributed by atoms with van der Waals surface area (Å²) in [6, 6.07) is 14.4. The number of aliphatic imine (C=N–C) groups is 1. The van der Waals surface area contributed by atoms with Gasteiger partial charge in [0, 0.05) is 31.3 Å². The molecule has 0 aliphatic carbocycles. The number of halogens is 3. The molecule has 31 heavy (non-hydrogen) atoms. The number of carbonyl (C=O) groups excluding carboxylic acids is 1. The number of oxazole rings is 1. The maximum atomic E-state index is 12.1. The number of hydrogen-bond donors (Lipinski definition) is 3. The number of hydrogen-bond acceptors (Lipinski definition) is 4. The van der Waals surface area contributed by atoms with Crippen LogP contribution in [0.1, 0.15) is 16.1 Å². The minimum atomic E-state index is -0.227. The van der Waals surface area contributed by atoms with E-state index >= 15 is 0 Å². The molecular weight excluding hydrogens is 552 g/mol. The van der Waals surface area contributed by atoms with Crippen LogP contribution in [0.3, 0.4) is 0 Å².